The first-order valence-electron chi connectivity index (χ1n) is 6.49. The summed E-state index contributed by atoms with van der Waals surface area (Å²) in [5.74, 6) is 1.82. The van der Waals surface area contributed by atoms with Gasteiger partial charge in [0.2, 0.25) is 0 Å². The Morgan fingerprint density at radius 3 is 2.56 bits per heavy atom. The molecule has 0 spiro atoms. The van der Waals surface area contributed by atoms with Gasteiger partial charge < -0.3 is 14.9 Å². The van der Waals surface area contributed by atoms with Gasteiger partial charge in [-0.05, 0) is 30.6 Å². The van der Waals surface area contributed by atoms with Crippen molar-refractivity contribution < 1.29 is 14.9 Å². The van der Waals surface area contributed by atoms with E-state index in [1.165, 1.54) is 12.8 Å². The second-order valence-corrected chi connectivity index (χ2v) is 5.47. The standard InChI is InChI=1S/C13H26O3/c1-9(2)11-5-4-10(3)8-12(11)16-13(15)6-7-14/h9-15H,4-8H2,1-3H3. The molecule has 3 nitrogen and oxygen atoms in total. The van der Waals surface area contributed by atoms with Crippen LogP contribution in [0.15, 0.2) is 0 Å². The average Bonchev–Trinajstić information content (AvgIpc) is 2.17. The lowest BCUT2D eigenvalue weighted by Crippen LogP contribution is -2.37. The first kappa shape index (κ1) is 13.9. The number of aliphatic hydroxyl groups excluding tert-OH is 2. The smallest absolute Gasteiger partial charge is 0.157 e. The molecule has 0 aromatic carbocycles. The average molecular weight is 230 g/mol. The van der Waals surface area contributed by atoms with Gasteiger partial charge in [-0.1, -0.05) is 27.2 Å². The van der Waals surface area contributed by atoms with Gasteiger partial charge in [0.15, 0.2) is 6.29 Å². The maximum Gasteiger partial charge on any atom is 0.157 e. The van der Waals surface area contributed by atoms with Crippen molar-refractivity contribution >= 4 is 0 Å². The zero-order valence-electron chi connectivity index (χ0n) is 10.7. The largest absolute Gasteiger partial charge is 0.396 e. The third-order valence-electron chi connectivity index (χ3n) is 3.67. The highest BCUT2D eigenvalue weighted by Gasteiger charge is 2.32. The lowest BCUT2D eigenvalue weighted by Gasteiger charge is -2.38. The first-order valence-corrected chi connectivity index (χ1v) is 6.49. The number of hydrogen-bond donors (Lipinski definition) is 2. The Morgan fingerprint density at radius 2 is 2.00 bits per heavy atom. The first-order chi connectivity index (χ1) is 7.54. The third kappa shape index (κ3) is 4.04. The Bertz CT molecular complexity index is 194. The van der Waals surface area contributed by atoms with Gasteiger partial charge in [0.05, 0.1) is 6.10 Å². The van der Waals surface area contributed by atoms with E-state index in [0.29, 0.717) is 24.2 Å². The topological polar surface area (TPSA) is 49.7 Å². The SMILES string of the molecule is CC1CCC(C(C)C)C(OC(O)CCO)C1. The van der Waals surface area contributed by atoms with Crippen LogP contribution in [0.4, 0.5) is 0 Å². The molecule has 0 aliphatic heterocycles. The van der Waals surface area contributed by atoms with Crippen LogP contribution in [0.2, 0.25) is 0 Å². The van der Waals surface area contributed by atoms with E-state index in [1.807, 2.05) is 0 Å². The van der Waals surface area contributed by atoms with Crippen molar-refractivity contribution in [2.24, 2.45) is 17.8 Å². The lowest BCUT2D eigenvalue weighted by molar-refractivity contribution is -0.174. The van der Waals surface area contributed by atoms with Crippen LogP contribution in [0.1, 0.15) is 46.5 Å². The Balaban J connectivity index is 2.50. The van der Waals surface area contributed by atoms with E-state index in [-0.39, 0.29) is 12.7 Å². The van der Waals surface area contributed by atoms with Crippen molar-refractivity contribution in [1.29, 1.82) is 0 Å². The summed E-state index contributed by atoms with van der Waals surface area (Å²) in [5.41, 5.74) is 0. The highest BCUT2D eigenvalue weighted by atomic mass is 16.6. The van der Waals surface area contributed by atoms with Gasteiger partial charge in [0.1, 0.15) is 0 Å². The molecule has 0 aromatic rings. The lowest BCUT2D eigenvalue weighted by atomic mass is 9.75. The van der Waals surface area contributed by atoms with E-state index in [0.717, 1.165) is 6.42 Å². The van der Waals surface area contributed by atoms with Gasteiger partial charge in [-0.15, -0.1) is 0 Å². The molecule has 1 rings (SSSR count). The zero-order chi connectivity index (χ0) is 12.1. The van der Waals surface area contributed by atoms with Crippen LogP contribution in [-0.2, 0) is 4.74 Å². The summed E-state index contributed by atoms with van der Waals surface area (Å²) in [6.45, 7) is 6.66. The van der Waals surface area contributed by atoms with Crippen LogP contribution in [0.25, 0.3) is 0 Å². The zero-order valence-corrected chi connectivity index (χ0v) is 10.7. The van der Waals surface area contributed by atoms with Gasteiger partial charge in [0.25, 0.3) is 0 Å². The molecule has 16 heavy (non-hydrogen) atoms. The van der Waals surface area contributed by atoms with Crippen molar-refractivity contribution in [3.63, 3.8) is 0 Å². The molecule has 1 aliphatic carbocycles. The number of hydrogen-bond acceptors (Lipinski definition) is 3. The number of rotatable bonds is 5. The summed E-state index contributed by atoms with van der Waals surface area (Å²) in [6, 6.07) is 0. The summed E-state index contributed by atoms with van der Waals surface area (Å²) < 4.78 is 5.67. The Kier molecular flexibility index (Phi) is 5.73. The van der Waals surface area contributed by atoms with E-state index in [1.54, 1.807) is 0 Å². The Hall–Kier alpha value is -0.120. The van der Waals surface area contributed by atoms with Crippen LogP contribution in [-0.4, -0.2) is 29.2 Å². The third-order valence-corrected chi connectivity index (χ3v) is 3.67. The van der Waals surface area contributed by atoms with E-state index in [9.17, 15) is 5.11 Å². The molecule has 0 heterocycles. The molecule has 1 fully saturated rings. The Morgan fingerprint density at radius 1 is 1.31 bits per heavy atom. The fraction of sp³-hybridized carbons (Fsp3) is 1.00. The molecule has 4 atom stereocenters. The molecule has 0 amide bonds. The van der Waals surface area contributed by atoms with Crippen molar-refractivity contribution in [3.05, 3.63) is 0 Å². The Labute approximate surface area is 98.8 Å². The van der Waals surface area contributed by atoms with E-state index in [2.05, 4.69) is 20.8 Å². The molecule has 4 unspecified atom stereocenters. The maximum absolute atomic E-state index is 9.61. The van der Waals surface area contributed by atoms with Gasteiger partial charge in [-0.2, -0.15) is 0 Å². The molecular weight excluding hydrogens is 204 g/mol. The molecule has 96 valence electrons. The summed E-state index contributed by atoms with van der Waals surface area (Å²) in [7, 11) is 0. The van der Waals surface area contributed by atoms with Crippen molar-refractivity contribution in [3.8, 4) is 0 Å². The van der Waals surface area contributed by atoms with E-state index >= 15 is 0 Å². The quantitative estimate of drug-likeness (QED) is 0.712. The molecule has 0 bridgehead atoms. The van der Waals surface area contributed by atoms with Crippen molar-refractivity contribution in [2.45, 2.75) is 58.8 Å². The highest BCUT2D eigenvalue weighted by molar-refractivity contribution is 4.81. The van der Waals surface area contributed by atoms with Gasteiger partial charge in [-0.3, -0.25) is 0 Å². The number of ether oxygens (including phenoxy) is 1. The normalized spacial score (nSPS) is 33.0. The van der Waals surface area contributed by atoms with Crippen LogP contribution >= 0.6 is 0 Å². The van der Waals surface area contributed by atoms with Gasteiger partial charge in [-0.25, -0.2) is 0 Å². The maximum atomic E-state index is 9.61. The molecule has 1 aliphatic rings. The highest BCUT2D eigenvalue weighted by Crippen LogP contribution is 2.35. The summed E-state index contributed by atoms with van der Waals surface area (Å²) >= 11 is 0. The van der Waals surface area contributed by atoms with Gasteiger partial charge in [0, 0.05) is 13.0 Å². The molecular formula is C13H26O3. The second-order valence-electron chi connectivity index (χ2n) is 5.47. The predicted octanol–water partition coefficient (Wildman–Crippen LogP) is 2.16. The molecule has 3 heteroatoms. The molecule has 2 N–H and O–H groups in total. The summed E-state index contributed by atoms with van der Waals surface area (Å²) in [4.78, 5) is 0. The molecule has 0 aromatic heterocycles. The monoisotopic (exact) mass is 230 g/mol. The minimum Gasteiger partial charge on any atom is -0.396 e. The van der Waals surface area contributed by atoms with Crippen LogP contribution < -0.4 is 0 Å². The van der Waals surface area contributed by atoms with Crippen LogP contribution in [0.5, 0.6) is 0 Å². The fourth-order valence-corrected chi connectivity index (χ4v) is 2.65. The van der Waals surface area contributed by atoms with Crippen LogP contribution in [0.3, 0.4) is 0 Å². The summed E-state index contributed by atoms with van der Waals surface area (Å²) in [5, 5.41) is 18.4. The summed E-state index contributed by atoms with van der Waals surface area (Å²) in [6.07, 6.45) is 3.15. The second kappa shape index (κ2) is 6.58. The molecule has 0 radical (unpaired) electrons. The van der Waals surface area contributed by atoms with Crippen molar-refractivity contribution in [1.82, 2.24) is 0 Å². The minimum absolute atomic E-state index is 0.0181. The van der Waals surface area contributed by atoms with E-state index < -0.39 is 6.29 Å². The van der Waals surface area contributed by atoms with E-state index in [4.69, 9.17) is 9.84 Å². The number of aliphatic hydroxyl groups is 2. The van der Waals surface area contributed by atoms with Crippen molar-refractivity contribution in [2.75, 3.05) is 6.61 Å². The molecule has 0 saturated heterocycles. The minimum atomic E-state index is -0.804. The molecule has 1 saturated carbocycles. The van der Waals surface area contributed by atoms with Crippen LogP contribution in [0, 0.1) is 17.8 Å². The van der Waals surface area contributed by atoms with Gasteiger partial charge >= 0.3 is 0 Å². The predicted molar refractivity (Wildman–Crippen MR) is 63.9 cm³/mol. The fourth-order valence-electron chi connectivity index (χ4n) is 2.65.